The molecule has 110 valence electrons. The van der Waals surface area contributed by atoms with Crippen molar-refractivity contribution < 1.29 is 9.53 Å². The summed E-state index contributed by atoms with van der Waals surface area (Å²) in [5.41, 5.74) is 0. The maximum absolute atomic E-state index is 12.3. The Bertz CT molecular complexity index is 297. The zero-order valence-electron chi connectivity index (χ0n) is 12.7. The molecule has 1 N–H and O–H groups in total. The van der Waals surface area contributed by atoms with Crippen molar-refractivity contribution in [2.75, 3.05) is 13.1 Å². The van der Waals surface area contributed by atoms with E-state index in [4.69, 9.17) is 4.74 Å². The Balaban J connectivity index is 1.92. The number of nitrogens with one attached hydrogen (secondary N) is 1. The molecule has 0 aromatic carbocycles. The van der Waals surface area contributed by atoms with Gasteiger partial charge in [0.05, 0.1) is 5.92 Å². The van der Waals surface area contributed by atoms with E-state index in [1.54, 1.807) is 0 Å². The van der Waals surface area contributed by atoms with Crippen LogP contribution in [0.4, 0.5) is 0 Å². The van der Waals surface area contributed by atoms with E-state index in [0.29, 0.717) is 17.8 Å². The van der Waals surface area contributed by atoms with Gasteiger partial charge in [-0.15, -0.1) is 0 Å². The van der Waals surface area contributed by atoms with Gasteiger partial charge in [-0.05, 0) is 50.0 Å². The molecule has 1 saturated heterocycles. The van der Waals surface area contributed by atoms with Crippen LogP contribution in [0.2, 0.25) is 0 Å². The van der Waals surface area contributed by atoms with Crippen molar-refractivity contribution >= 4 is 5.97 Å². The molecule has 2 fully saturated rings. The molecule has 0 spiro atoms. The van der Waals surface area contributed by atoms with Crippen LogP contribution < -0.4 is 5.32 Å². The Hall–Kier alpha value is -0.570. The molecule has 1 aliphatic heterocycles. The predicted molar refractivity (Wildman–Crippen MR) is 76.8 cm³/mol. The standard InChI is InChI=1S/C16H29NO2/c1-11(2)14-7-6-12(3)9-15(14)19-16(18)13-5-4-8-17-10-13/h11-15,17H,4-10H2,1-3H3. The van der Waals surface area contributed by atoms with E-state index in [2.05, 4.69) is 26.1 Å². The van der Waals surface area contributed by atoms with Crippen LogP contribution in [-0.2, 0) is 9.53 Å². The number of hydrogen-bond donors (Lipinski definition) is 1. The molecule has 4 unspecified atom stereocenters. The molecule has 2 aliphatic rings. The Kier molecular flexibility index (Phi) is 5.26. The number of carbonyl (C=O) groups is 1. The zero-order chi connectivity index (χ0) is 13.8. The summed E-state index contributed by atoms with van der Waals surface area (Å²) in [6, 6.07) is 0. The van der Waals surface area contributed by atoms with Gasteiger partial charge in [-0.1, -0.05) is 27.2 Å². The quantitative estimate of drug-likeness (QED) is 0.799. The van der Waals surface area contributed by atoms with Gasteiger partial charge in [0.1, 0.15) is 6.10 Å². The average molecular weight is 267 g/mol. The first-order valence-electron chi connectivity index (χ1n) is 7.99. The van der Waals surface area contributed by atoms with Crippen molar-refractivity contribution in [3.8, 4) is 0 Å². The fourth-order valence-electron chi connectivity index (χ4n) is 3.55. The number of ether oxygens (including phenoxy) is 1. The van der Waals surface area contributed by atoms with Gasteiger partial charge in [-0.25, -0.2) is 0 Å². The lowest BCUT2D eigenvalue weighted by atomic mass is 9.75. The molecule has 0 amide bonds. The summed E-state index contributed by atoms with van der Waals surface area (Å²) in [5, 5.41) is 3.29. The van der Waals surface area contributed by atoms with E-state index in [1.807, 2.05) is 0 Å². The summed E-state index contributed by atoms with van der Waals surface area (Å²) in [7, 11) is 0. The third-order valence-corrected chi connectivity index (χ3v) is 4.86. The van der Waals surface area contributed by atoms with Crippen molar-refractivity contribution in [3.05, 3.63) is 0 Å². The number of esters is 1. The SMILES string of the molecule is CC1CCC(C(C)C)C(OC(=O)C2CCCNC2)C1. The highest BCUT2D eigenvalue weighted by Crippen LogP contribution is 2.35. The lowest BCUT2D eigenvalue weighted by Gasteiger charge is -2.37. The molecule has 0 aromatic heterocycles. The first-order chi connectivity index (χ1) is 9.08. The fraction of sp³-hybridized carbons (Fsp3) is 0.938. The summed E-state index contributed by atoms with van der Waals surface area (Å²) < 4.78 is 5.90. The monoisotopic (exact) mass is 267 g/mol. The van der Waals surface area contributed by atoms with Crippen molar-refractivity contribution in [1.29, 1.82) is 0 Å². The van der Waals surface area contributed by atoms with Crippen LogP contribution in [0.5, 0.6) is 0 Å². The summed E-state index contributed by atoms with van der Waals surface area (Å²) in [4.78, 5) is 12.3. The molecule has 0 aromatic rings. The zero-order valence-corrected chi connectivity index (χ0v) is 12.7. The molecule has 1 saturated carbocycles. The van der Waals surface area contributed by atoms with Crippen LogP contribution >= 0.6 is 0 Å². The minimum atomic E-state index is 0.0388. The largest absolute Gasteiger partial charge is 0.462 e. The Morgan fingerprint density at radius 3 is 2.68 bits per heavy atom. The predicted octanol–water partition coefficient (Wildman–Crippen LogP) is 2.99. The minimum Gasteiger partial charge on any atom is -0.462 e. The van der Waals surface area contributed by atoms with Gasteiger partial charge in [0.25, 0.3) is 0 Å². The highest BCUT2D eigenvalue weighted by molar-refractivity contribution is 5.73. The second-order valence-corrected chi connectivity index (χ2v) is 6.84. The molecule has 1 heterocycles. The van der Waals surface area contributed by atoms with Gasteiger partial charge >= 0.3 is 5.97 Å². The van der Waals surface area contributed by atoms with Gasteiger partial charge in [0, 0.05) is 6.54 Å². The van der Waals surface area contributed by atoms with Crippen LogP contribution in [-0.4, -0.2) is 25.2 Å². The normalized spacial score (nSPS) is 36.2. The first-order valence-corrected chi connectivity index (χ1v) is 7.99. The third-order valence-electron chi connectivity index (χ3n) is 4.86. The number of hydrogen-bond acceptors (Lipinski definition) is 3. The van der Waals surface area contributed by atoms with Crippen molar-refractivity contribution in [3.63, 3.8) is 0 Å². The Morgan fingerprint density at radius 1 is 1.26 bits per heavy atom. The molecule has 19 heavy (non-hydrogen) atoms. The molecule has 4 atom stereocenters. The van der Waals surface area contributed by atoms with Crippen molar-refractivity contribution in [1.82, 2.24) is 5.32 Å². The van der Waals surface area contributed by atoms with Gasteiger partial charge in [-0.3, -0.25) is 4.79 Å². The molecule has 3 heteroatoms. The lowest BCUT2D eigenvalue weighted by Crippen LogP contribution is -2.40. The number of carbonyl (C=O) groups excluding carboxylic acids is 1. The molecule has 0 bridgehead atoms. The summed E-state index contributed by atoms with van der Waals surface area (Å²) in [6.07, 6.45) is 5.77. The van der Waals surface area contributed by atoms with Gasteiger partial charge < -0.3 is 10.1 Å². The second kappa shape index (κ2) is 6.74. The van der Waals surface area contributed by atoms with E-state index < -0.39 is 0 Å². The molecule has 0 radical (unpaired) electrons. The van der Waals surface area contributed by atoms with Crippen LogP contribution in [0.25, 0.3) is 0 Å². The van der Waals surface area contributed by atoms with Gasteiger partial charge in [0.2, 0.25) is 0 Å². The summed E-state index contributed by atoms with van der Waals surface area (Å²) >= 11 is 0. The number of piperidine rings is 1. The maximum atomic E-state index is 12.3. The van der Waals surface area contributed by atoms with Gasteiger partial charge in [-0.2, -0.15) is 0 Å². The number of rotatable bonds is 3. The van der Waals surface area contributed by atoms with E-state index in [9.17, 15) is 4.79 Å². The highest BCUT2D eigenvalue weighted by Gasteiger charge is 2.35. The van der Waals surface area contributed by atoms with Crippen LogP contribution in [0.1, 0.15) is 52.9 Å². The third kappa shape index (κ3) is 3.95. The van der Waals surface area contributed by atoms with Crippen molar-refractivity contribution in [2.24, 2.45) is 23.7 Å². The van der Waals surface area contributed by atoms with Crippen LogP contribution in [0.15, 0.2) is 0 Å². The van der Waals surface area contributed by atoms with Crippen LogP contribution in [0.3, 0.4) is 0 Å². The Morgan fingerprint density at radius 2 is 2.05 bits per heavy atom. The molecule has 3 nitrogen and oxygen atoms in total. The molecule has 2 rings (SSSR count). The first kappa shape index (κ1) is 14.8. The summed E-state index contributed by atoms with van der Waals surface area (Å²) in [6.45, 7) is 8.62. The molecule has 1 aliphatic carbocycles. The van der Waals surface area contributed by atoms with E-state index in [1.165, 1.54) is 12.8 Å². The van der Waals surface area contributed by atoms with E-state index >= 15 is 0 Å². The lowest BCUT2D eigenvalue weighted by molar-refractivity contribution is -0.161. The molecular weight excluding hydrogens is 238 g/mol. The average Bonchev–Trinajstić information content (AvgIpc) is 2.39. The smallest absolute Gasteiger partial charge is 0.310 e. The highest BCUT2D eigenvalue weighted by atomic mass is 16.5. The topological polar surface area (TPSA) is 38.3 Å². The van der Waals surface area contributed by atoms with Crippen LogP contribution in [0, 0.1) is 23.7 Å². The minimum absolute atomic E-state index is 0.0388. The van der Waals surface area contributed by atoms with Gasteiger partial charge in [0.15, 0.2) is 0 Å². The van der Waals surface area contributed by atoms with Crippen molar-refractivity contribution in [2.45, 2.75) is 59.0 Å². The summed E-state index contributed by atoms with van der Waals surface area (Å²) in [5.74, 6) is 1.97. The molecular formula is C16H29NO2. The Labute approximate surface area is 117 Å². The fourth-order valence-corrected chi connectivity index (χ4v) is 3.55. The van der Waals surface area contributed by atoms with E-state index in [0.717, 1.165) is 32.4 Å². The van der Waals surface area contributed by atoms with E-state index in [-0.39, 0.29) is 18.0 Å². The second-order valence-electron chi connectivity index (χ2n) is 6.84. The maximum Gasteiger partial charge on any atom is 0.310 e.